The Balaban J connectivity index is 1.67. The van der Waals surface area contributed by atoms with Crippen LogP contribution in [0.3, 0.4) is 0 Å². The molecule has 11 heteroatoms. The van der Waals surface area contributed by atoms with Gasteiger partial charge in [0.1, 0.15) is 17.6 Å². The number of rotatable bonds is 8. The van der Waals surface area contributed by atoms with Gasteiger partial charge in [-0.1, -0.05) is 0 Å². The summed E-state index contributed by atoms with van der Waals surface area (Å²) in [7, 11) is -2.73. The first-order valence-electron chi connectivity index (χ1n) is 10.6. The second-order valence-corrected chi connectivity index (χ2v) is 9.71. The minimum absolute atomic E-state index is 0.0526. The molecule has 0 bridgehead atoms. The zero-order chi connectivity index (χ0) is 25.2. The highest BCUT2D eigenvalue weighted by molar-refractivity contribution is 7.89. The number of benzene rings is 2. The topological polar surface area (TPSA) is 126 Å². The summed E-state index contributed by atoms with van der Waals surface area (Å²) in [5, 5.41) is 2.61. The van der Waals surface area contributed by atoms with Crippen molar-refractivity contribution < 1.29 is 32.0 Å². The van der Waals surface area contributed by atoms with E-state index < -0.39 is 27.9 Å². The lowest BCUT2D eigenvalue weighted by molar-refractivity contribution is -0.122. The highest BCUT2D eigenvalue weighted by atomic mass is 32.2. The first-order chi connectivity index (χ1) is 16.7. The molecule has 1 N–H and O–H groups in total. The molecule has 2 heterocycles. The Kier molecular flexibility index (Phi) is 6.72. The van der Waals surface area contributed by atoms with Gasteiger partial charge in [0.15, 0.2) is 0 Å². The Labute approximate surface area is 202 Å². The molecule has 1 aromatic heterocycles. The predicted octanol–water partition coefficient (Wildman–Crippen LogP) is 2.77. The molecule has 35 heavy (non-hydrogen) atoms. The third-order valence-electron chi connectivity index (χ3n) is 5.47. The third-order valence-corrected chi connectivity index (χ3v) is 7.34. The number of nitrogens with one attached hydrogen (secondary N) is 1. The molecule has 0 aliphatic carbocycles. The molecule has 0 radical (unpaired) electrons. The van der Waals surface area contributed by atoms with E-state index in [1.54, 1.807) is 24.3 Å². The number of carbonyl (C=O) groups excluding carboxylic acids is 3. The van der Waals surface area contributed by atoms with Crippen molar-refractivity contribution in [3.05, 3.63) is 72.7 Å². The molecular formula is C24H23N3O7S. The van der Waals surface area contributed by atoms with Crippen LogP contribution in [0.2, 0.25) is 0 Å². The standard InChI is InChI=1S/C24H23N3O7S/c1-16(28)25-17-5-7-18(8-6-17)27-23(29)14-22(24(27)30)26(15-20-4-3-13-34-20)35(31,32)21-11-9-19(33-2)10-12-21/h3-13,22H,14-15H2,1-2H3,(H,25,28). The van der Waals surface area contributed by atoms with Gasteiger partial charge in [-0.05, 0) is 60.7 Å². The normalized spacial score (nSPS) is 16.1. The van der Waals surface area contributed by atoms with Crippen LogP contribution in [0.4, 0.5) is 11.4 Å². The van der Waals surface area contributed by atoms with Gasteiger partial charge in [0.05, 0.1) is 36.9 Å². The smallest absolute Gasteiger partial charge is 0.252 e. The molecule has 1 aliphatic heterocycles. The Morgan fingerprint density at radius 1 is 1.11 bits per heavy atom. The van der Waals surface area contributed by atoms with E-state index in [1.807, 2.05) is 0 Å². The maximum atomic E-state index is 13.6. The maximum absolute atomic E-state index is 13.6. The van der Waals surface area contributed by atoms with Crippen LogP contribution in [0.15, 0.2) is 76.2 Å². The molecule has 0 spiro atoms. The first-order valence-corrected chi connectivity index (χ1v) is 12.1. The highest BCUT2D eigenvalue weighted by Gasteiger charge is 2.47. The fourth-order valence-corrected chi connectivity index (χ4v) is 5.36. The zero-order valence-electron chi connectivity index (χ0n) is 19.0. The Morgan fingerprint density at radius 3 is 2.37 bits per heavy atom. The number of ether oxygens (including phenoxy) is 1. The molecule has 4 rings (SSSR count). The zero-order valence-corrected chi connectivity index (χ0v) is 19.8. The highest BCUT2D eigenvalue weighted by Crippen LogP contribution is 2.31. The number of sulfonamides is 1. The number of methoxy groups -OCH3 is 1. The van der Waals surface area contributed by atoms with Crippen LogP contribution in [0.25, 0.3) is 0 Å². The van der Waals surface area contributed by atoms with E-state index in [2.05, 4.69) is 5.32 Å². The van der Waals surface area contributed by atoms with Crippen molar-refractivity contribution >= 4 is 39.1 Å². The number of hydrogen-bond donors (Lipinski definition) is 1. The van der Waals surface area contributed by atoms with Crippen LogP contribution < -0.4 is 15.0 Å². The summed E-state index contributed by atoms with van der Waals surface area (Å²) in [6.45, 7) is 1.13. The Morgan fingerprint density at radius 2 is 1.80 bits per heavy atom. The van der Waals surface area contributed by atoms with Crippen molar-refractivity contribution in [1.82, 2.24) is 4.31 Å². The van der Waals surface area contributed by atoms with Crippen molar-refractivity contribution in [2.24, 2.45) is 0 Å². The summed E-state index contributed by atoms with van der Waals surface area (Å²) in [5.41, 5.74) is 0.773. The Hall–Kier alpha value is -3.96. The molecule has 3 amide bonds. The SMILES string of the molecule is COc1ccc(S(=O)(=O)N(Cc2ccco2)C2CC(=O)N(c3ccc(NC(C)=O)cc3)C2=O)cc1. The summed E-state index contributed by atoms with van der Waals surface area (Å²) in [4.78, 5) is 38.4. The maximum Gasteiger partial charge on any atom is 0.252 e. The molecule has 3 aromatic rings. The predicted molar refractivity (Wildman–Crippen MR) is 126 cm³/mol. The number of furan rings is 1. The summed E-state index contributed by atoms with van der Waals surface area (Å²) < 4.78 is 38.6. The molecular weight excluding hydrogens is 474 g/mol. The number of imide groups is 1. The largest absolute Gasteiger partial charge is 0.497 e. The molecule has 1 fully saturated rings. The molecule has 1 saturated heterocycles. The fraction of sp³-hybridized carbons (Fsp3) is 0.208. The summed E-state index contributed by atoms with van der Waals surface area (Å²) in [5.74, 6) is -0.681. The van der Waals surface area contributed by atoms with E-state index in [1.165, 1.54) is 56.7 Å². The van der Waals surface area contributed by atoms with Crippen LogP contribution in [-0.2, 0) is 31.0 Å². The number of amides is 3. The second kappa shape index (κ2) is 9.72. The molecule has 10 nitrogen and oxygen atoms in total. The van der Waals surface area contributed by atoms with Crippen molar-refractivity contribution in [2.75, 3.05) is 17.3 Å². The Bertz CT molecular complexity index is 1330. The third kappa shape index (κ3) is 4.96. The van der Waals surface area contributed by atoms with Crippen LogP contribution in [0.1, 0.15) is 19.1 Å². The average molecular weight is 498 g/mol. The van der Waals surface area contributed by atoms with Crippen LogP contribution in [0.5, 0.6) is 5.75 Å². The minimum Gasteiger partial charge on any atom is -0.497 e. The molecule has 182 valence electrons. The van der Waals surface area contributed by atoms with E-state index in [4.69, 9.17) is 9.15 Å². The van der Waals surface area contributed by atoms with E-state index in [-0.39, 0.29) is 29.5 Å². The van der Waals surface area contributed by atoms with Gasteiger partial charge in [0, 0.05) is 12.6 Å². The number of nitrogens with zero attached hydrogens (tertiary/aromatic N) is 2. The van der Waals surface area contributed by atoms with Crippen LogP contribution in [-0.4, -0.2) is 43.6 Å². The van der Waals surface area contributed by atoms with Gasteiger partial charge in [-0.2, -0.15) is 4.31 Å². The molecule has 1 aliphatic rings. The molecule has 2 aromatic carbocycles. The van der Waals surface area contributed by atoms with Crippen LogP contribution >= 0.6 is 0 Å². The number of carbonyl (C=O) groups is 3. The first kappa shape index (κ1) is 24.2. The van der Waals surface area contributed by atoms with Crippen molar-refractivity contribution in [3.8, 4) is 5.75 Å². The van der Waals surface area contributed by atoms with E-state index >= 15 is 0 Å². The van der Waals surface area contributed by atoms with Gasteiger partial charge < -0.3 is 14.5 Å². The van der Waals surface area contributed by atoms with Crippen molar-refractivity contribution in [1.29, 1.82) is 0 Å². The summed E-state index contributed by atoms with van der Waals surface area (Å²) in [6.07, 6.45) is 1.07. The van der Waals surface area contributed by atoms with Gasteiger partial charge in [-0.25, -0.2) is 13.3 Å². The van der Waals surface area contributed by atoms with Crippen molar-refractivity contribution in [3.63, 3.8) is 0 Å². The number of anilines is 2. The van der Waals surface area contributed by atoms with Gasteiger partial charge in [0.2, 0.25) is 21.8 Å². The molecule has 1 atom stereocenters. The lowest BCUT2D eigenvalue weighted by Crippen LogP contribution is -2.45. The lowest BCUT2D eigenvalue weighted by atomic mass is 10.2. The average Bonchev–Trinajstić information content (AvgIpc) is 3.45. The van der Waals surface area contributed by atoms with E-state index in [0.29, 0.717) is 17.2 Å². The van der Waals surface area contributed by atoms with Gasteiger partial charge in [-0.15, -0.1) is 0 Å². The van der Waals surface area contributed by atoms with Crippen molar-refractivity contribution in [2.45, 2.75) is 30.8 Å². The van der Waals surface area contributed by atoms with E-state index in [0.717, 1.165) is 9.21 Å². The van der Waals surface area contributed by atoms with Crippen LogP contribution in [0, 0.1) is 0 Å². The number of hydrogen-bond acceptors (Lipinski definition) is 7. The van der Waals surface area contributed by atoms with E-state index in [9.17, 15) is 22.8 Å². The molecule has 1 unspecified atom stereocenters. The monoisotopic (exact) mass is 497 g/mol. The quantitative estimate of drug-likeness (QED) is 0.474. The molecule has 0 saturated carbocycles. The summed E-state index contributed by atoms with van der Waals surface area (Å²) in [6, 6.07) is 13.8. The van der Waals surface area contributed by atoms with Gasteiger partial charge >= 0.3 is 0 Å². The summed E-state index contributed by atoms with van der Waals surface area (Å²) >= 11 is 0. The van der Waals surface area contributed by atoms with Gasteiger partial charge in [0.25, 0.3) is 5.91 Å². The van der Waals surface area contributed by atoms with Gasteiger partial charge in [-0.3, -0.25) is 14.4 Å². The second-order valence-electron chi connectivity index (χ2n) is 7.82. The lowest BCUT2D eigenvalue weighted by Gasteiger charge is -2.26. The fourth-order valence-electron chi connectivity index (χ4n) is 3.81. The minimum atomic E-state index is -4.20.